The normalized spacial score (nSPS) is 11.7. The van der Waals surface area contributed by atoms with Crippen LogP contribution in [-0.2, 0) is 17.3 Å². The van der Waals surface area contributed by atoms with Crippen molar-refractivity contribution < 1.29 is 17.9 Å². The Morgan fingerprint density at radius 3 is 2.20 bits per heavy atom. The first kappa shape index (κ1) is 12.3. The predicted octanol–water partition coefficient (Wildman–Crippen LogP) is 3.46. The molecule has 0 saturated carbocycles. The Bertz CT molecular complexity index is 295. The molecule has 5 heteroatoms. The van der Waals surface area contributed by atoms with E-state index in [0.717, 1.165) is 17.7 Å². The fraction of sp³-hybridized carbons (Fsp3) is 0.400. The van der Waals surface area contributed by atoms with Gasteiger partial charge in [0, 0.05) is 0 Å². The minimum absolute atomic E-state index is 0.0979. The Hall–Kier alpha value is -0.740. The van der Waals surface area contributed by atoms with Crippen LogP contribution in [0.15, 0.2) is 24.3 Å². The molecule has 0 spiro atoms. The first-order chi connectivity index (χ1) is 7.04. The Labute approximate surface area is 90.8 Å². The van der Waals surface area contributed by atoms with Crippen molar-refractivity contribution in [3.8, 4) is 0 Å². The van der Waals surface area contributed by atoms with E-state index in [1.54, 1.807) is 0 Å². The number of hydrogen-bond acceptors (Lipinski definition) is 1. The lowest BCUT2D eigenvalue weighted by atomic mass is 10.1. The molecule has 0 aliphatic carbocycles. The van der Waals surface area contributed by atoms with E-state index in [1.807, 2.05) is 0 Å². The fourth-order valence-corrected chi connectivity index (χ4v) is 1.21. The highest BCUT2D eigenvalue weighted by Crippen LogP contribution is 2.29. The van der Waals surface area contributed by atoms with Crippen molar-refractivity contribution in [2.24, 2.45) is 0 Å². The molecule has 0 atom stereocenters. The van der Waals surface area contributed by atoms with Gasteiger partial charge in [0.25, 0.3) is 0 Å². The second-order valence-electron chi connectivity index (χ2n) is 2.96. The quantitative estimate of drug-likeness (QED) is 0.577. The zero-order chi connectivity index (χ0) is 11.3. The number of halogens is 4. The van der Waals surface area contributed by atoms with Gasteiger partial charge in [-0.25, -0.2) is 0 Å². The molecule has 1 aromatic rings. The maximum absolute atomic E-state index is 12.2. The minimum atomic E-state index is -4.27. The third-order valence-corrected chi connectivity index (χ3v) is 2.05. The van der Waals surface area contributed by atoms with Crippen LogP contribution in [0.25, 0.3) is 0 Å². The Kier molecular flexibility index (Phi) is 4.42. The topological polar surface area (TPSA) is 9.23 Å². The molecule has 1 nitrogen and oxygen atoms in total. The summed E-state index contributed by atoms with van der Waals surface area (Å²) >= 11 is 5.28. The molecule has 1 aromatic carbocycles. The lowest BCUT2D eigenvalue weighted by molar-refractivity contribution is -0.137. The highest BCUT2D eigenvalue weighted by Gasteiger charge is 2.29. The minimum Gasteiger partial charge on any atom is -0.365 e. The highest BCUT2D eigenvalue weighted by molar-refractivity contribution is 6.17. The second kappa shape index (κ2) is 5.37. The summed E-state index contributed by atoms with van der Waals surface area (Å²) in [6.45, 7) is 0.412. The van der Waals surface area contributed by atoms with E-state index < -0.39 is 11.7 Å². The summed E-state index contributed by atoms with van der Waals surface area (Å²) in [7, 11) is 0. The highest BCUT2D eigenvalue weighted by atomic mass is 35.5. The van der Waals surface area contributed by atoms with Gasteiger partial charge in [-0.05, 0) is 24.1 Å². The van der Waals surface area contributed by atoms with Crippen molar-refractivity contribution in [2.75, 3.05) is 12.7 Å². The number of rotatable bonds is 4. The van der Waals surface area contributed by atoms with E-state index >= 15 is 0 Å². The molecular weight excluding hydrogens is 229 g/mol. The van der Waals surface area contributed by atoms with E-state index in [1.165, 1.54) is 12.1 Å². The Balaban J connectivity index is 2.57. The smallest absolute Gasteiger partial charge is 0.365 e. The average molecular weight is 239 g/mol. The molecular formula is C10H10ClF3O. The van der Waals surface area contributed by atoms with Crippen LogP contribution < -0.4 is 0 Å². The van der Waals surface area contributed by atoms with Crippen molar-refractivity contribution in [1.29, 1.82) is 0 Å². The van der Waals surface area contributed by atoms with Gasteiger partial charge in [-0.3, -0.25) is 0 Å². The molecule has 0 amide bonds. The molecule has 0 fully saturated rings. The molecule has 0 N–H and O–H groups in total. The molecule has 0 aliphatic rings. The first-order valence-corrected chi connectivity index (χ1v) is 4.87. The fourth-order valence-electron chi connectivity index (χ4n) is 1.10. The molecule has 15 heavy (non-hydrogen) atoms. The van der Waals surface area contributed by atoms with E-state index in [-0.39, 0.29) is 6.07 Å². The van der Waals surface area contributed by atoms with Gasteiger partial charge >= 0.3 is 6.18 Å². The maximum Gasteiger partial charge on any atom is 0.416 e. The molecule has 0 aromatic heterocycles. The maximum atomic E-state index is 12.2. The van der Waals surface area contributed by atoms with E-state index in [4.69, 9.17) is 16.3 Å². The molecule has 0 radical (unpaired) electrons. The van der Waals surface area contributed by atoms with Crippen LogP contribution in [0.3, 0.4) is 0 Å². The van der Waals surface area contributed by atoms with Gasteiger partial charge in [-0.2, -0.15) is 13.2 Å². The number of ether oxygens (including phenoxy) is 1. The van der Waals surface area contributed by atoms with Gasteiger partial charge in [-0.1, -0.05) is 23.7 Å². The average Bonchev–Trinajstić information content (AvgIpc) is 2.18. The monoisotopic (exact) mass is 238 g/mol. The molecule has 0 bridgehead atoms. The predicted molar refractivity (Wildman–Crippen MR) is 51.8 cm³/mol. The van der Waals surface area contributed by atoms with Crippen molar-refractivity contribution >= 4 is 11.6 Å². The van der Waals surface area contributed by atoms with Gasteiger partial charge in [0.2, 0.25) is 0 Å². The van der Waals surface area contributed by atoms with Gasteiger partial charge in [0.1, 0.15) is 6.07 Å². The van der Waals surface area contributed by atoms with Gasteiger partial charge in [0.15, 0.2) is 0 Å². The van der Waals surface area contributed by atoms with Crippen molar-refractivity contribution in [3.63, 3.8) is 0 Å². The number of benzene rings is 1. The van der Waals surface area contributed by atoms with Crippen LogP contribution in [0.1, 0.15) is 11.1 Å². The molecule has 0 aliphatic heterocycles. The standard InChI is InChI=1S/C10H10ClF3O/c11-7-15-6-5-8-1-3-9(4-2-8)10(12,13)14/h1-4H,5-7H2. The van der Waals surface area contributed by atoms with Gasteiger partial charge in [-0.15, -0.1) is 0 Å². The van der Waals surface area contributed by atoms with Crippen molar-refractivity contribution in [1.82, 2.24) is 0 Å². The number of alkyl halides is 4. The summed E-state index contributed by atoms with van der Waals surface area (Å²) in [5.74, 6) is 0. The zero-order valence-corrected chi connectivity index (χ0v) is 8.61. The summed E-state index contributed by atoms with van der Waals surface area (Å²) in [5, 5.41) is 0. The van der Waals surface area contributed by atoms with Gasteiger partial charge < -0.3 is 4.74 Å². The van der Waals surface area contributed by atoms with E-state index in [0.29, 0.717) is 13.0 Å². The molecule has 0 saturated heterocycles. The Morgan fingerprint density at radius 2 is 1.73 bits per heavy atom. The molecule has 0 heterocycles. The first-order valence-electron chi connectivity index (χ1n) is 4.34. The van der Waals surface area contributed by atoms with E-state index in [9.17, 15) is 13.2 Å². The van der Waals surface area contributed by atoms with Crippen molar-refractivity contribution in [2.45, 2.75) is 12.6 Å². The summed E-state index contributed by atoms with van der Waals surface area (Å²) in [6, 6.07) is 5.12. The zero-order valence-electron chi connectivity index (χ0n) is 7.85. The van der Waals surface area contributed by atoms with Crippen LogP contribution in [0.5, 0.6) is 0 Å². The summed E-state index contributed by atoms with van der Waals surface area (Å²) in [4.78, 5) is 0. The van der Waals surface area contributed by atoms with Crippen LogP contribution in [-0.4, -0.2) is 12.7 Å². The Morgan fingerprint density at radius 1 is 1.13 bits per heavy atom. The van der Waals surface area contributed by atoms with Crippen LogP contribution >= 0.6 is 11.6 Å². The van der Waals surface area contributed by atoms with Crippen LogP contribution in [0.2, 0.25) is 0 Å². The number of hydrogen-bond donors (Lipinski definition) is 0. The van der Waals surface area contributed by atoms with Crippen molar-refractivity contribution in [3.05, 3.63) is 35.4 Å². The lowest BCUT2D eigenvalue weighted by Crippen LogP contribution is -2.05. The summed E-state index contributed by atoms with van der Waals surface area (Å²) in [5.41, 5.74) is 0.164. The lowest BCUT2D eigenvalue weighted by Gasteiger charge is -2.07. The summed E-state index contributed by atoms with van der Waals surface area (Å²) < 4.78 is 41.4. The molecule has 1 rings (SSSR count). The van der Waals surface area contributed by atoms with Gasteiger partial charge in [0.05, 0.1) is 12.2 Å². The molecule has 84 valence electrons. The van der Waals surface area contributed by atoms with Crippen LogP contribution in [0.4, 0.5) is 13.2 Å². The SMILES string of the molecule is FC(F)(F)c1ccc(CCOCCl)cc1. The molecule has 0 unspecified atom stereocenters. The largest absolute Gasteiger partial charge is 0.416 e. The van der Waals surface area contributed by atoms with E-state index in [2.05, 4.69) is 0 Å². The van der Waals surface area contributed by atoms with Crippen LogP contribution in [0, 0.1) is 0 Å². The third kappa shape index (κ3) is 4.10. The second-order valence-corrected chi connectivity index (χ2v) is 3.18. The summed E-state index contributed by atoms with van der Waals surface area (Å²) in [6.07, 6.45) is -3.71. The third-order valence-electron chi connectivity index (χ3n) is 1.89.